The number of aliphatic imine (C=N–C) groups is 1. The first kappa shape index (κ1) is 10.2. The highest BCUT2D eigenvalue weighted by Crippen LogP contribution is 2.09. The minimum absolute atomic E-state index is 0.219. The second-order valence-electron chi connectivity index (χ2n) is 2.67. The molecule has 1 aromatic heterocycles. The van der Waals surface area contributed by atoms with Gasteiger partial charge in [0.1, 0.15) is 5.69 Å². The third-order valence-corrected chi connectivity index (χ3v) is 1.93. The molecule has 0 aliphatic carbocycles. The van der Waals surface area contributed by atoms with Crippen molar-refractivity contribution in [3.05, 3.63) is 23.5 Å². The third-order valence-electron chi connectivity index (χ3n) is 1.93. The number of carbonyl (C=O) groups is 1. The highest BCUT2D eigenvalue weighted by molar-refractivity contribution is 5.87. The normalized spacial score (nSPS) is 9.29. The smallest absolute Gasteiger partial charge is 0.354 e. The van der Waals surface area contributed by atoms with Gasteiger partial charge in [0.15, 0.2) is 0 Å². The van der Waals surface area contributed by atoms with Crippen LogP contribution in [-0.4, -0.2) is 23.7 Å². The van der Waals surface area contributed by atoms with Crippen LogP contribution >= 0.6 is 0 Å². The molecular formula is C9H10N2O3. The number of rotatable bonds is 3. The van der Waals surface area contributed by atoms with Crippen molar-refractivity contribution in [1.29, 1.82) is 0 Å². The van der Waals surface area contributed by atoms with Gasteiger partial charge in [-0.2, -0.15) is 4.99 Å². The maximum absolute atomic E-state index is 11.2. The standard InChI is InChI=1S/C9H10N2O3/c1-11-7(5-10-6-12)3-4-8(11)9(13)14-2/h3-4H,5H2,1-2H3. The van der Waals surface area contributed by atoms with Crippen LogP contribution in [0.2, 0.25) is 0 Å². The Morgan fingerprint density at radius 3 is 2.93 bits per heavy atom. The van der Waals surface area contributed by atoms with Crippen molar-refractivity contribution in [3.8, 4) is 0 Å². The van der Waals surface area contributed by atoms with Crippen molar-refractivity contribution >= 4 is 12.0 Å². The molecule has 14 heavy (non-hydrogen) atoms. The fraction of sp³-hybridized carbons (Fsp3) is 0.333. The van der Waals surface area contributed by atoms with Gasteiger partial charge in [0.25, 0.3) is 0 Å². The average Bonchev–Trinajstić information content (AvgIpc) is 2.56. The molecule has 0 saturated carbocycles. The Bertz CT molecular complexity index is 389. The topological polar surface area (TPSA) is 60.7 Å². The van der Waals surface area contributed by atoms with Gasteiger partial charge in [-0.25, -0.2) is 9.59 Å². The Hall–Kier alpha value is -1.87. The molecule has 5 heteroatoms. The summed E-state index contributed by atoms with van der Waals surface area (Å²) in [5, 5.41) is 0. The van der Waals surface area contributed by atoms with Gasteiger partial charge >= 0.3 is 5.97 Å². The number of methoxy groups -OCH3 is 1. The highest BCUT2D eigenvalue weighted by Gasteiger charge is 2.11. The summed E-state index contributed by atoms with van der Waals surface area (Å²) >= 11 is 0. The molecule has 0 bridgehead atoms. The van der Waals surface area contributed by atoms with Gasteiger partial charge in [0, 0.05) is 12.7 Å². The van der Waals surface area contributed by atoms with Crippen molar-refractivity contribution < 1.29 is 14.3 Å². The van der Waals surface area contributed by atoms with Crippen LogP contribution in [0.25, 0.3) is 0 Å². The number of esters is 1. The van der Waals surface area contributed by atoms with Crippen LogP contribution in [0.5, 0.6) is 0 Å². The molecule has 0 aromatic carbocycles. The van der Waals surface area contributed by atoms with Gasteiger partial charge in [-0.3, -0.25) is 0 Å². The molecule has 0 amide bonds. The number of hydrogen-bond donors (Lipinski definition) is 0. The van der Waals surface area contributed by atoms with E-state index in [2.05, 4.69) is 9.73 Å². The molecule has 0 unspecified atom stereocenters. The summed E-state index contributed by atoms with van der Waals surface area (Å²) in [7, 11) is 3.03. The third kappa shape index (κ3) is 1.89. The quantitative estimate of drug-likeness (QED) is 0.403. The van der Waals surface area contributed by atoms with Gasteiger partial charge in [-0.05, 0) is 12.1 Å². The Morgan fingerprint density at radius 1 is 1.64 bits per heavy atom. The minimum atomic E-state index is -0.408. The van der Waals surface area contributed by atoms with Crippen LogP contribution in [0.3, 0.4) is 0 Å². The average molecular weight is 194 g/mol. The Morgan fingerprint density at radius 2 is 2.36 bits per heavy atom. The van der Waals surface area contributed by atoms with E-state index in [9.17, 15) is 9.59 Å². The van der Waals surface area contributed by atoms with Crippen LogP contribution in [0, 0.1) is 0 Å². The molecule has 0 N–H and O–H groups in total. The molecule has 0 aliphatic heterocycles. The van der Waals surface area contributed by atoms with Gasteiger partial charge in [0.05, 0.1) is 13.7 Å². The summed E-state index contributed by atoms with van der Waals surface area (Å²) in [6.07, 6.45) is 1.44. The van der Waals surface area contributed by atoms with E-state index < -0.39 is 5.97 Å². The molecule has 0 saturated heterocycles. The van der Waals surface area contributed by atoms with Crippen LogP contribution < -0.4 is 0 Å². The first-order valence-electron chi connectivity index (χ1n) is 3.97. The van der Waals surface area contributed by atoms with Gasteiger partial charge in [-0.15, -0.1) is 0 Å². The monoisotopic (exact) mass is 194 g/mol. The van der Waals surface area contributed by atoms with E-state index in [1.165, 1.54) is 13.2 Å². The molecular weight excluding hydrogens is 184 g/mol. The van der Waals surface area contributed by atoms with Crippen molar-refractivity contribution in [2.45, 2.75) is 6.54 Å². The Balaban J connectivity index is 2.95. The van der Waals surface area contributed by atoms with Crippen molar-refractivity contribution in [2.75, 3.05) is 7.11 Å². The molecule has 74 valence electrons. The highest BCUT2D eigenvalue weighted by atomic mass is 16.5. The molecule has 0 atom stereocenters. The van der Waals surface area contributed by atoms with Crippen molar-refractivity contribution in [1.82, 2.24) is 4.57 Å². The summed E-state index contributed by atoms with van der Waals surface area (Å²) in [6, 6.07) is 3.34. The molecule has 1 aromatic rings. The van der Waals surface area contributed by atoms with Gasteiger partial charge < -0.3 is 9.30 Å². The lowest BCUT2D eigenvalue weighted by molar-refractivity contribution is 0.0589. The molecule has 0 fully saturated rings. The predicted octanol–water partition coefficient (Wildman–Crippen LogP) is 0.647. The lowest BCUT2D eigenvalue weighted by atomic mass is 10.4. The SMILES string of the molecule is COC(=O)c1ccc(CN=C=O)n1C. The maximum atomic E-state index is 11.2. The zero-order chi connectivity index (χ0) is 10.6. The first-order valence-corrected chi connectivity index (χ1v) is 3.97. The fourth-order valence-electron chi connectivity index (χ4n) is 1.14. The second-order valence-corrected chi connectivity index (χ2v) is 2.67. The Kier molecular flexibility index (Phi) is 3.20. The van der Waals surface area contributed by atoms with E-state index in [0.717, 1.165) is 5.69 Å². The van der Waals surface area contributed by atoms with Gasteiger partial charge in [-0.1, -0.05) is 0 Å². The Labute approximate surface area is 81.0 Å². The fourth-order valence-corrected chi connectivity index (χ4v) is 1.14. The van der Waals surface area contributed by atoms with Crippen molar-refractivity contribution in [3.63, 3.8) is 0 Å². The number of carbonyl (C=O) groups excluding carboxylic acids is 2. The van der Waals surface area contributed by atoms with E-state index in [4.69, 9.17) is 0 Å². The van der Waals surface area contributed by atoms with E-state index >= 15 is 0 Å². The van der Waals surface area contributed by atoms with Crippen molar-refractivity contribution in [2.24, 2.45) is 12.0 Å². The second kappa shape index (κ2) is 4.39. The van der Waals surface area contributed by atoms with E-state index in [1.54, 1.807) is 23.7 Å². The molecule has 0 spiro atoms. The number of nitrogens with zero attached hydrogens (tertiary/aromatic N) is 2. The van der Waals surface area contributed by atoms with E-state index in [0.29, 0.717) is 5.69 Å². The van der Waals surface area contributed by atoms with Gasteiger partial charge in [0.2, 0.25) is 6.08 Å². The van der Waals surface area contributed by atoms with Crippen LogP contribution in [0.4, 0.5) is 0 Å². The lowest BCUT2D eigenvalue weighted by Crippen LogP contribution is -2.09. The zero-order valence-electron chi connectivity index (χ0n) is 7.98. The number of isocyanates is 1. The lowest BCUT2D eigenvalue weighted by Gasteiger charge is -2.03. The summed E-state index contributed by atoms with van der Waals surface area (Å²) < 4.78 is 6.20. The number of hydrogen-bond acceptors (Lipinski definition) is 4. The van der Waals surface area contributed by atoms with Crippen LogP contribution in [0.1, 0.15) is 16.2 Å². The molecule has 5 nitrogen and oxygen atoms in total. The molecule has 1 heterocycles. The molecule has 1 rings (SSSR count). The largest absolute Gasteiger partial charge is 0.464 e. The summed E-state index contributed by atoms with van der Waals surface area (Å²) in [5.41, 5.74) is 1.19. The molecule has 0 aliphatic rings. The van der Waals surface area contributed by atoms with E-state index in [-0.39, 0.29) is 6.54 Å². The summed E-state index contributed by atoms with van der Waals surface area (Å²) in [4.78, 5) is 24.5. The van der Waals surface area contributed by atoms with E-state index in [1.807, 2.05) is 0 Å². The zero-order valence-corrected chi connectivity index (χ0v) is 7.98. The molecule has 0 radical (unpaired) electrons. The number of aromatic nitrogens is 1. The maximum Gasteiger partial charge on any atom is 0.354 e. The number of ether oxygens (including phenoxy) is 1. The summed E-state index contributed by atoms with van der Waals surface area (Å²) in [6.45, 7) is 0.219. The van der Waals surface area contributed by atoms with Crippen LogP contribution in [-0.2, 0) is 23.1 Å². The minimum Gasteiger partial charge on any atom is -0.464 e. The predicted molar refractivity (Wildman–Crippen MR) is 48.6 cm³/mol. The first-order chi connectivity index (χ1) is 6.70. The van der Waals surface area contributed by atoms with Crippen LogP contribution in [0.15, 0.2) is 17.1 Å². The summed E-state index contributed by atoms with van der Waals surface area (Å²) in [5.74, 6) is -0.408.